The molecule has 0 saturated carbocycles. The Kier molecular flexibility index (Phi) is 4.75. The SMILES string of the molecule is C=C1NN(c2ccc([N+](=O)[O-])cc2)C(=C)/C1=C/N[C@H](C)c1ccccc1. The highest BCUT2D eigenvalue weighted by molar-refractivity contribution is 5.65. The Morgan fingerprint density at radius 2 is 1.81 bits per heavy atom. The Balaban J connectivity index is 1.75. The molecule has 3 rings (SSSR count). The molecule has 1 aliphatic heterocycles. The number of nitrogens with one attached hydrogen (secondary N) is 2. The summed E-state index contributed by atoms with van der Waals surface area (Å²) in [7, 11) is 0. The first-order valence-corrected chi connectivity index (χ1v) is 8.18. The zero-order valence-corrected chi connectivity index (χ0v) is 14.5. The zero-order chi connectivity index (χ0) is 18.7. The number of hydrogen-bond donors (Lipinski definition) is 2. The molecule has 1 fully saturated rings. The highest BCUT2D eigenvalue weighted by Gasteiger charge is 2.25. The molecule has 2 aromatic carbocycles. The number of nitrogens with zero attached hydrogens (tertiary/aromatic N) is 2. The van der Waals surface area contributed by atoms with Gasteiger partial charge >= 0.3 is 0 Å². The maximum absolute atomic E-state index is 10.8. The van der Waals surface area contributed by atoms with E-state index >= 15 is 0 Å². The molecule has 0 radical (unpaired) electrons. The van der Waals surface area contributed by atoms with Gasteiger partial charge in [-0.15, -0.1) is 0 Å². The van der Waals surface area contributed by atoms with E-state index in [1.54, 1.807) is 17.1 Å². The summed E-state index contributed by atoms with van der Waals surface area (Å²) >= 11 is 0. The fourth-order valence-corrected chi connectivity index (χ4v) is 2.72. The van der Waals surface area contributed by atoms with Crippen molar-refractivity contribution in [3.63, 3.8) is 0 Å². The van der Waals surface area contributed by atoms with Crippen LogP contribution in [-0.2, 0) is 0 Å². The summed E-state index contributed by atoms with van der Waals surface area (Å²) in [5.74, 6) is 0. The van der Waals surface area contributed by atoms with Crippen LogP contribution >= 0.6 is 0 Å². The molecule has 0 aliphatic carbocycles. The standard InChI is InChI=1S/C20H20N4O2/c1-14(17-7-5-4-6-8-17)21-13-20-15(2)22-23(16(20)3)18-9-11-19(12-10-18)24(25)26/h4-14,21-22H,2-3H2,1H3/b20-13+/t14-/m1/s1. The van der Waals surface area contributed by atoms with E-state index in [4.69, 9.17) is 0 Å². The lowest BCUT2D eigenvalue weighted by molar-refractivity contribution is -0.384. The van der Waals surface area contributed by atoms with Gasteiger partial charge in [-0.3, -0.25) is 20.5 Å². The van der Waals surface area contributed by atoms with Gasteiger partial charge in [-0.2, -0.15) is 0 Å². The fourth-order valence-electron chi connectivity index (χ4n) is 2.72. The van der Waals surface area contributed by atoms with Gasteiger partial charge in [0, 0.05) is 29.9 Å². The van der Waals surface area contributed by atoms with Crippen molar-refractivity contribution in [2.45, 2.75) is 13.0 Å². The monoisotopic (exact) mass is 348 g/mol. The lowest BCUT2D eigenvalue weighted by Gasteiger charge is -2.19. The van der Waals surface area contributed by atoms with Crippen LogP contribution in [0.15, 0.2) is 90.9 Å². The normalized spacial score (nSPS) is 16.5. The van der Waals surface area contributed by atoms with Gasteiger partial charge in [0.1, 0.15) is 0 Å². The van der Waals surface area contributed by atoms with Crippen LogP contribution in [0, 0.1) is 10.1 Å². The molecule has 1 atom stereocenters. The highest BCUT2D eigenvalue weighted by atomic mass is 16.6. The minimum Gasteiger partial charge on any atom is -0.384 e. The van der Waals surface area contributed by atoms with Crippen molar-refractivity contribution >= 4 is 11.4 Å². The highest BCUT2D eigenvalue weighted by Crippen LogP contribution is 2.31. The summed E-state index contributed by atoms with van der Waals surface area (Å²) in [4.78, 5) is 10.4. The molecule has 1 heterocycles. The molecule has 132 valence electrons. The van der Waals surface area contributed by atoms with Gasteiger partial charge < -0.3 is 5.32 Å². The quantitative estimate of drug-likeness (QED) is 0.626. The molecule has 0 aromatic heterocycles. The van der Waals surface area contributed by atoms with E-state index in [1.165, 1.54) is 17.7 Å². The Morgan fingerprint density at radius 3 is 2.42 bits per heavy atom. The van der Waals surface area contributed by atoms with Crippen LogP contribution in [0.25, 0.3) is 0 Å². The number of hydrogen-bond acceptors (Lipinski definition) is 5. The van der Waals surface area contributed by atoms with Crippen molar-refractivity contribution in [3.05, 3.63) is 107 Å². The predicted octanol–water partition coefficient (Wildman–Crippen LogP) is 4.18. The summed E-state index contributed by atoms with van der Waals surface area (Å²) < 4.78 is 0. The van der Waals surface area contributed by atoms with E-state index in [1.807, 2.05) is 24.4 Å². The summed E-state index contributed by atoms with van der Waals surface area (Å²) in [5.41, 5.74) is 7.40. The van der Waals surface area contributed by atoms with Crippen LogP contribution in [0.2, 0.25) is 0 Å². The largest absolute Gasteiger partial charge is 0.384 e. The van der Waals surface area contributed by atoms with Gasteiger partial charge in [0.05, 0.1) is 22.0 Å². The third kappa shape index (κ3) is 3.44. The van der Waals surface area contributed by atoms with Crippen molar-refractivity contribution < 1.29 is 4.92 Å². The first kappa shape index (κ1) is 17.3. The molecule has 2 N–H and O–H groups in total. The minimum atomic E-state index is -0.421. The van der Waals surface area contributed by atoms with Gasteiger partial charge in [0.25, 0.3) is 5.69 Å². The molecule has 0 amide bonds. The van der Waals surface area contributed by atoms with E-state index in [0.29, 0.717) is 5.70 Å². The number of hydrazine groups is 1. The predicted molar refractivity (Wildman–Crippen MR) is 103 cm³/mol. The van der Waals surface area contributed by atoms with E-state index in [2.05, 4.69) is 43.0 Å². The second-order valence-electron chi connectivity index (χ2n) is 6.00. The molecule has 26 heavy (non-hydrogen) atoms. The van der Waals surface area contributed by atoms with Gasteiger partial charge in [0.15, 0.2) is 0 Å². The summed E-state index contributed by atoms with van der Waals surface area (Å²) in [6, 6.07) is 16.5. The number of anilines is 1. The second kappa shape index (κ2) is 7.14. The van der Waals surface area contributed by atoms with Gasteiger partial charge in [-0.1, -0.05) is 43.5 Å². The van der Waals surface area contributed by atoms with E-state index in [9.17, 15) is 10.1 Å². The van der Waals surface area contributed by atoms with Crippen molar-refractivity contribution in [2.24, 2.45) is 0 Å². The third-order valence-corrected chi connectivity index (χ3v) is 4.25. The number of benzene rings is 2. The average molecular weight is 348 g/mol. The van der Waals surface area contributed by atoms with E-state index in [0.717, 1.165) is 17.0 Å². The Hall–Kier alpha value is -3.54. The van der Waals surface area contributed by atoms with Crippen LogP contribution in [0.4, 0.5) is 11.4 Å². The van der Waals surface area contributed by atoms with Crippen LogP contribution in [0.1, 0.15) is 18.5 Å². The first-order chi connectivity index (χ1) is 12.5. The van der Waals surface area contributed by atoms with Gasteiger partial charge in [-0.25, -0.2) is 0 Å². The van der Waals surface area contributed by atoms with E-state index in [-0.39, 0.29) is 11.7 Å². The fraction of sp³-hybridized carbons (Fsp3) is 0.100. The molecular formula is C20H20N4O2. The number of rotatable bonds is 5. The number of nitro groups is 1. The van der Waals surface area contributed by atoms with Crippen LogP contribution in [0.3, 0.4) is 0 Å². The van der Waals surface area contributed by atoms with Crippen molar-refractivity contribution in [1.29, 1.82) is 0 Å². The summed E-state index contributed by atoms with van der Waals surface area (Å²) in [6.45, 7) is 10.2. The Morgan fingerprint density at radius 1 is 1.15 bits per heavy atom. The molecule has 6 nitrogen and oxygen atoms in total. The molecule has 0 bridgehead atoms. The van der Waals surface area contributed by atoms with Gasteiger partial charge in [0.2, 0.25) is 0 Å². The zero-order valence-electron chi connectivity index (χ0n) is 14.5. The van der Waals surface area contributed by atoms with Crippen molar-refractivity contribution in [1.82, 2.24) is 10.7 Å². The van der Waals surface area contributed by atoms with E-state index < -0.39 is 4.92 Å². The third-order valence-electron chi connectivity index (χ3n) is 4.25. The van der Waals surface area contributed by atoms with Crippen molar-refractivity contribution in [2.75, 3.05) is 5.01 Å². The molecule has 1 saturated heterocycles. The van der Waals surface area contributed by atoms with Crippen LogP contribution in [0.5, 0.6) is 0 Å². The maximum atomic E-state index is 10.8. The molecule has 1 aliphatic rings. The van der Waals surface area contributed by atoms with Crippen molar-refractivity contribution in [3.8, 4) is 0 Å². The number of nitro benzene ring substituents is 1. The van der Waals surface area contributed by atoms with Crippen LogP contribution < -0.4 is 15.8 Å². The minimum absolute atomic E-state index is 0.0477. The number of non-ortho nitro benzene ring substituents is 1. The van der Waals surface area contributed by atoms with Crippen LogP contribution in [-0.4, -0.2) is 4.92 Å². The summed E-state index contributed by atoms with van der Waals surface area (Å²) in [6.07, 6.45) is 1.89. The first-order valence-electron chi connectivity index (χ1n) is 8.18. The lowest BCUT2D eigenvalue weighted by atomic mass is 10.1. The lowest BCUT2D eigenvalue weighted by Crippen LogP contribution is -2.27. The molecule has 0 spiro atoms. The smallest absolute Gasteiger partial charge is 0.269 e. The summed E-state index contributed by atoms with van der Waals surface area (Å²) in [5, 5.41) is 15.9. The van der Waals surface area contributed by atoms with Gasteiger partial charge in [-0.05, 0) is 24.6 Å². The second-order valence-corrected chi connectivity index (χ2v) is 6.00. The molecular weight excluding hydrogens is 328 g/mol. The molecule has 0 unspecified atom stereocenters. The molecule has 6 heteroatoms. The average Bonchev–Trinajstić information content (AvgIpc) is 2.94. The Labute approximate surface area is 152 Å². The maximum Gasteiger partial charge on any atom is 0.269 e. The Bertz CT molecular complexity index is 872. The molecule has 2 aromatic rings. The topological polar surface area (TPSA) is 70.4 Å².